The van der Waals surface area contributed by atoms with Gasteiger partial charge in [0, 0.05) is 10.7 Å². The molecule has 8 nitrogen and oxygen atoms in total. The first kappa shape index (κ1) is 20.2. The number of nitrogens with zero attached hydrogens (tertiary/aromatic N) is 5. The number of methoxy groups -OCH3 is 2. The van der Waals surface area contributed by atoms with Crippen molar-refractivity contribution < 1.29 is 14.0 Å². The van der Waals surface area contributed by atoms with Crippen LogP contribution in [0.2, 0.25) is 5.02 Å². The molecule has 0 bridgehead atoms. The first-order chi connectivity index (χ1) is 14.6. The van der Waals surface area contributed by atoms with Crippen molar-refractivity contribution in [3.8, 4) is 28.6 Å². The Hall–Kier alpha value is -3.04. The molecule has 4 aromatic rings. The highest BCUT2D eigenvalue weighted by Crippen LogP contribution is 2.32. The van der Waals surface area contributed by atoms with E-state index in [0.717, 1.165) is 11.5 Å². The molecule has 4 rings (SSSR count). The molecule has 0 saturated heterocycles. The number of aryl methyl sites for hydroxylation is 1. The molecular formula is C20H18ClN5O3S. The van der Waals surface area contributed by atoms with Gasteiger partial charge < -0.3 is 14.0 Å². The molecule has 0 fully saturated rings. The zero-order valence-corrected chi connectivity index (χ0v) is 18.1. The van der Waals surface area contributed by atoms with Gasteiger partial charge in [0.05, 0.1) is 25.5 Å². The lowest BCUT2D eigenvalue weighted by Gasteiger charge is -2.07. The van der Waals surface area contributed by atoms with Gasteiger partial charge in [0.2, 0.25) is 11.7 Å². The van der Waals surface area contributed by atoms with E-state index in [1.165, 1.54) is 11.8 Å². The monoisotopic (exact) mass is 443 g/mol. The highest BCUT2D eigenvalue weighted by Gasteiger charge is 2.17. The SMILES string of the molecule is COc1ccc(OC)c(-c2noc(CSc3nnc(C)n3-c3ccc(Cl)cc3)n2)c1. The van der Waals surface area contributed by atoms with E-state index in [-0.39, 0.29) is 0 Å². The average Bonchev–Trinajstić information content (AvgIpc) is 3.39. The molecule has 0 radical (unpaired) electrons. The normalized spacial score (nSPS) is 10.9. The summed E-state index contributed by atoms with van der Waals surface area (Å²) in [5.41, 5.74) is 1.62. The summed E-state index contributed by atoms with van der Waals surface area (Å²) in [4.78, 5) is 4.49. The van der Waals surface area contributed by atoms with Crippen molar-refractivity contribution in [3.05, 3.63) is 59.2 Å². The van der Waals surface area contributed by atoms with Crippen LogP contribution in [0, 0.1) is 6.92 Å². The first-order valence-electron chi connectivity index (χ1n) is 8.95. The Bertz CT molecular complexity index is 1160. The van der Waals surface area contributed by atoms with Crippen LogP contribution in [0.4, 0.5) is 0 Å². The van der Waals surface area contributed by atoms with Crippen LogP contribution in [0.3, 0.4) is 0 Å². The number of hydrogen-bond acceptors (Lipinski definition) is 8. The van der Waals surface area contributed by atoms with E-state index in [2.05, 4.69) is 20.3 Å². The second-order valence-electron chi connectivity index (χ2n) is 6.21. The fourth-order valence-corrected chi connectivity index (χ4v) is 3.82. The van der Waals surface area contributed by atoms with Crippen LogP contribution in [0.25, 0.3) is 17.1 Å². The van der Waals surface area contributed by atoms with E-state index >= 15 is 0 Å². The zero-order chi connectivity index (χ0) is 21.1. The van der Waals surface area contributed by atoms with Gasteiger partial charge in [0.1, 0.15) is 17.3 Å². The number of halogens is 1. The van der Waals surface area contributed by atoms with E-state index in [4.69, 9.17) is 25.6 Å². The van der Waals surface area contributed by atoms with Gasteiger partial charge in [0.25, 0.3) is 0 Å². The fourth-order valence-electron chi connectivity index (χ4n) is 2.86. The van der Waals surface area contributed by atoms with Crippen LogP contribution in [0.1, 0.15) is 11.7 Å². The number of aromatic nitrogens is 5. The molecule has 2 aromatic heterocycles. The maximum atomic E-state index is 6.00. The van der Waals surface area contributed by atoms with Crippen molar-refractivity contribution in [1.29, 1.82) is 0 Å². The average molecular weight is 444 g/mol. The van der Waals surface area contributed by atoms with E-state index in [0.29, 0.717) is 44.7 Å². The van der Waals surface area contributed by atoms with E-state index in [9.17, 15) is 0 Å². The summed E-state index contributed by atoms with van der Waals surface area (Å²) in [7, 11) is 3.19. The lowest BCUT2D eigenvalue weighted by molar-refractivity contribution is 0.389. The highest BCUT2D eigenvalue weighted by atomic mass is 35.5. The van der Waals surface area contributed by atoms with Gasteiger partial charge in [-0.05, 0) is 49.4 Å². The van der Waals surface area contributed by atoms with Crippen molar-refractivity contribution in [2.45, 2.75) is 17.8 Å². The van der Waals surface area contributed by atoms with Crippen molar-refractivity contribution in [2.24, 2.45) is 0 Å². The number of benzene rings is 2. The summed E-state index contributed by atoms with van der Waals surface area (Å²) in [5.74, 6) is 3.41. The zero-order valence-electron chi connectivity index (χ0n) is 16.5. The van der Waals surface area contributed by atoms with Crippen LogP contribution >= 0.6 is 23.4 Å². The smallest absolute Gasteiger partial charge is 0.237 e. The third-order valence-corrected chi connectivity index (χ3v) is 5.49. The number of hydrogen-bond donors (Lipinski definition) is 0. The third-order valence-electron chi connectivity index (χ3n) is 4.32. The lowest BCUT2D eigenvalue weighted by atomic mass is 10.2. The Morgan fingerprint density at radius 3 is 2.60 bits per heavy atom. The molecule has 0 spiro atoms. The van der Waals surface area contributed by atoms with Gasteiger partial charge in [0.15, 0.2) is 5.16 Å². The molecular weight excluding hydrogens is 426 g/mol. The largest absolute Gasteiger partial charge is 0.497 e. The van der Waals surface area contributed by atoms with Gasteiger partial charge in [-0.15, -0.1) is 10.2 Å². The molecule has 0 atom stereocenters. The molecule has 2 aromatic carbocycles. The summed E-state index contributed by atoms with van der Waals surface area (Å²) < 4.78 is 18.1. The molecule has 2 heterocycles. The molecule has 0 amide bonds. The quantitative estimate of drug-likeness (QED) is 0.383. The van der Waals surface area contributed by atoms with Crippen molar-refractivity contribution in [2.75, 3.05) is 14.2 Å². The summed E-state index contributed by atoms with van der Waals surface area (Å²) in [5, 5.41) is 13.9. The first-order valence-corrected chi connectivity index (χ1v) is 10.3. The van der Waals surface area contributed by atoms with Crippen LogP contribution < -0.4 is 9.47 Å². The molecule has 0 aliphatic heterocycles. The van der Waals surface area contributed by atoms with Gasteiger partial charge in [-0.2, -0.15) is 4.98 Å². The van der Waals surface area contributed by atoms with Gasteiger partial charge in [-0.25, -0.2) is 0 Å². The Labute approximate surface area is 182 Å². The summed E-state index contributed by atoms with van der Waals surface area (Å²) in [6.45, 7) is 1.89. The van der Waals surface area contributed by atoms with Crippen LogP contribution in [-0.2, 0) is 5.75 Å². The van der Waals surface area contributed by atoms with Crippen molar-refractivity contribution in [1.82, 2.24) is 24.9 Å². The van der Waals surface area contributed by atoms with Crippen molar-refractivity contribution >= 4 is 23.4 Å². The molecule has 10 heteroatoms. The number of ether oxygens (including phenoxy) is 2. The minimum absolute atomic E-state index is 0.427. The molecule has 0 N–H and O–H groups in total. The van der Waals surface area contributed by atoms with E-state index in [1.807, 2.05) is 41.8 Å². The van der Waals surface area contributed by atoms with Crippen LogP contribution in [0.5, 0.6) is 11.5 Å². The number of thioether (sulfide) groups is 1. The molecule has 0 saturated carbocycles. The molecule has 154 valence electrons. The standard InChI is InChI=1S/C20H18ClN5O3S/c1-12-23-24-20(26(12)14-6-4-13(21)5-7-14)30-11-18-22-19(25-29-18)16-10-15(27-2)8-9-17(16)28-3/h4-10H,11H2,1-3H3. The number of rotatable bonds is 7. The topological polar surface area (TPSA) is 88.1 Å². The maximum Gasteiger partial charge on any atom is 0.237 e. The molecule has 30 heavy (non-hydrogen) atoms. The van der Waals surface area contributed by atoms with Crippen molar-refractivity contribution in [3.63, 3.8) is 0 Å². The molecule has 0 aliphatic carbocycles. The molecule has 0 unspecified atom stereocenters. The van der Waals surface area contributed by atoms with E-state index in [1.54, 1.807) is 26.4 Å². The lowest BCUT2D eigenvalue weighted by Crippen LogP contribution is -1.99. The second kappa shape index (κ2) is 8.76. The van der Waals surface area contributed by atoms with Gasteiger partial charge in [-0.3, -0.25) is 4.57 Å². The Balaban J connectivity index is 1.55. The predicted octanol–water partition coefficient (Wildman–Crippen LogP) is 4.59. The summed E-state index contributed by atoms with van der Waals surface area (Å²) in [6, 6.07) is 12.9. The summed E-state index contributed by atoms with van der Waals surface area (Å²) >= 11 is 7.45. The summed E-state index contributed by atoms with van der Waals surface area (Å²) in [6.07, 6.45) is 0. The Morgan fingerprint density at radius 2 is 1.87 bits per heavy atom. The minimum atomic E-state index is 0.427. The minimum Gasteiger partial charge on any atom is -0.497 e. The fraction of sp³-hybridized carbons (Fsp3) is 0.200. The van der Waals surface area contributed by atoms with Gasteiger partial charge in [-0.1, -0.05) is 28.5 Å². The Kier molecular flexibility index (Phi) is 5.91. The van der Waals surface area contributed by atoms with Crippen LogP contribution in [0.15, 0.2) is 52.1 Å². The maximum absolute atomic E-state index is 6.00. The Morgan fingerprint density at radius 1 is 1.07 bits per heavy atom. The molecule has 0 aliphatic rings. The van der Waals surface area contributed by atoms with Crippen LogP contribution in [-0.4, -0.2) is 39.1 Å². The predicted molar refractivity (Wildman–Crippen MR) is 114 cm³/mol. The van der Waals surface area contributed by atoms with E-state index < -0.39 is 0 Å². The second-order valence-corrected chi connectivity index (χ2v) is 7.59. The highest BCUT2D eigenvalue weighted by molar-refractivity contribution is 7.98. The third kappa shape index (κ3) is 4.12. The van der Waals surface area contributed by atoms with Gasteiger partial charge >= 0.3 is 0 Å².